The number of ether oxygens (including phenoxy) is 7. The minimum absolute atomic E-state index is 0.0216. The molecule has 29 nitrogen and oxygen atoms in total. The molecule has 0 bridgehead atoms. The summed E-state index contributed by atoms with van der Waals surface area (Å²) in [6.45, 7) is 24.4. The molecule has 784 valence electrons. The predicted octanol–water partition coefficient (Wildman–Crippen LogP) is 24.3. The number of rotatable bonds is 50. The van der Waals surface area contributed by atoms with Crippen LogP contribution in [0.5, 0.6) is 63.2 Å². The molecule has 0 aliphatic heterocycles. The third-order valence-electron chi connectivity index (χ3n) is 24.0. The quantitative estimate of drug-likeness (QED) is 0.00956. The summed E-state index contributed by atoms with van der Waals surface area (Å²) in [5.41, 5.74) is 10.4. The third kappa shape index (κ3) is 35.7. The summed E-state index contributed by atoms with van der Waals surface area (Å²) < 4.78 is 67.3. The lowest BCUT2D eigenvalue weighted by molar-refractivity contribution is -0.123. The topological polar surface area (TPSA) is 411 Å². The summed E-state index contributed by atoms with van der Waals surface area (Å²) in [7, 11) is -2.21. The van der Waals surface area contributed by atoms with Gasteiger partial charge in [0.2, 0.25) is 10.0 Å². The second kappa shape index (κ2) is 59.6. The summed E-state index contributed by atoms with van der Waals surface area (Å²) in [4.78, 5) is 80.1. The number of aliphatic imine (C=N–C) groups is 1. The molecule has 0 aromatic heterocycles. The number of methoxy groups -OCH3 is 1. The lowest BCUT2D eigenvalue weighted by Gasteiger charge is -2.20. The first kappa shape index (κ1) is 115. The molecule has 0 saturated carbocycles. The summed E-state index contributed by atoms with van der Waals surface area (Å²) in [6, 6.07) is 65.9. The molecule has 0 heterocycles. The zero-order valence-corrected chi connectivity index (χ0v) is 87.5. The van der Waals surface area contributed by atoms with E-state index in [2.05, 4.69) is 79.6 Å². The Morgan fingerprint density at radius 2 is 0.872 bits per heavy atom. The number of aliphatic hydroxyl groups is 1. The molecule has 13 aromatic rings. The Bertz CT molecular complexity index is 6750. The van der Waals surface area contributed by atoms with E-state index in [1.807, 2.05) is 121 Å². The van der Waals surface area contributed by atoms with E-state index in [0.29, 0.717) is 148 Å². The van der Waals surface area contributed by atoms with E-state index < -0.39 is 39.9 Å². The molecule has 13 N–H and O–H groups in total. The van der Waals surface area contributed by atoms with Gasteiger partial charge < -0.3 is 95.9 Å². The van der Waals surface area contributed by atoms with Crippen molar-refractivity contribution in [2.45, 2.75) is 182 Å². The molecule has 0 aliphatic rings. The molecular formula is C117H138ClN9O20S. The number of hydrogen-bond donors (Lipinski definition) is 13. The number of phenols is 4. The summed E-state index contributed by atoms with van der Waals surface area (Å²) >= 11 is 6.38. The van der Waals surface area contributed by atoms with Crippen molar-refractivity contribution in [2.75, 3.05) is 94.2 Å². The van der Waals surface area contributed by atoms with Gasteiger partial charge >= 0.3 is 6.03 Å². The maximum Gasteiger partial charge on any atom is 0.323 e. The highest BCUT2D eigenvalue weighted by Gasteiger charge is 2.26. The van der Waals surface area contributed by atoms with E-state index in [9.17, 15) is 57.6 Å². The number of carbonyl (C=O) groups excluding carboxylic acids is 6. The molecular weight excluding hydrogens is 1920 g/mol. The number of benzene rings is 13. The van der Waals surface area contributed by atoms with Gasteiger partial charge in [-0.3, -0.25) is 29.0 Å². The van der Waals surface area contributed by atoms with E-state index in [4.69, 9.17) is 49.9 Å². The molecule has 0 aliphatic carbocycles. The zero-order chi connectivity index (χ0) is 106. The van der Waals surface area contributed by atoms with Gasteiger partial charge in [0.25, 0.3) is 29.5 Å². The highest BCUT2D eigenvalue weighted by molar-refractivity contribution is 7.89. The van der Waals surface area contributed by atoms with Gasteiger partial charge in [-0.15, -0.1) is 0 Å². The number of anilines is 4. The molecule has 0 saturated heterocycles. The number of urea groups is 1. The summed E-state index contributed by atoms with van der Waals surface area (Å²) in [6.07, 6.45) is 17.3. The molecule has 31 heteroatoms. The van der Waals surface area contributed by atoms with Gasteiger partial charge in [0.15, 0.2) is 12.7 Å². The maximum atomic E-state index is 13.1. The van der Waals surface area contributed by atoms with E-state index >= 15 is 0 Å². The second-order valence-corrected chi connectivity index (χ2v) is 38.1. The standard InChI is InChI=1S/C31H34N2O7S.C30H38ClNO3.C28H32N4O4.C28H34N2O6/c1-21-9-14-28(22(2)19-21)39-18-6-5-15-32-31(36)27-20-29(25-7-3-4-8-26(25)30(27)35)40-23-10-12-24(13-11-23)41(37,38)33-16-17-34;1-3-4-5-6-7-8-9-10-11-14-19-35-28-18-17-22(2)20-27(28)32-30(34)25-21-26(31)23-15-12-13-16-24(23)29(25)33;1-5-6-7-26(36-25-15-8-18(2)16-19(25)3)27(34)30-22-13-14-23(24(33)17-22)32-28(35)31-21-11-9-20(29-4)10-12-21;1-19-10-11-24(20(2)16-19)35-14-7-6-12-30-28(33)23-17-25(36-18-26(31)29-13-15-34-3)21-8-4-5-9-22(21)27(23)32/h3-4,7-14,19-20,33-35H,5-6,15-18H2,1-2H3,(H,32,36);12-13,15-18,20-21,33H,3-11,14,19H2,1-2H3,(H,32,34);8-17,26,33H,4-7H2,1-3H3,(H,30,34)(H2,31,32,35);4-5,8-11,16-17,32H,6-7,12-15,18H2,1-3H3,(H,29,31)(H,30,33). The number of aryl methyl sites for hydroxylation is 7. The number of unbranched alkanes of at least 4 members (excludes halogenated alkanes) is 12. The van der Waals surface area contributed by atoms with E-state index in [1.165, 1.54) is 117 Å². The Kier molecular flexibility index (Phi) is 46.3. The van der Waals surface area contributed by atoms with Crippen LogP contribution in [0, 0.1) is 48.5 Å². The van der Waals surface area contributed by atoms with Gasteiger partial charge in [-0.25, -0.2) is 17.9 Å². The first-order chi connectivity index (χ1) is 71.4. The van der Waals surface area contributed by atoms with Crippen LogP contribution < -0.4 is 70.4 Å². The number of phenolic OH excluding ortho intramolecular Hbond substituents is 4. The smallest absolute Gasteiger partial charge is 0.323 e. The number of aliphatic hydroxyl groups excluding tert-OH is 1. The van der Waals surface area contributed by atoms with Crippen LogP contribution in [-0.2, 0) is 24.3 Å². The van der Waals surface area contributed by atoms with Crippen molar-refractivity contribution in [3.8, 4) is 63.2 Å². The van der Waals surface area contributed by atoms with Crippen molar-refractivity contribution >= 4 is 125 Å². The van der Waals surface area contributed by atoms with Crippen LogP contribution in [0.3, 0.4) is 0 Å². The molecule has 13 rings (SSSR count). The fourth-order valence-electron chi connectivity index (χ4n) is 16.0. The molecule has 0 radical (unpaired) electrons. The van der Waals surface area contributed by atoms with Gasteiger partial charge in [0.1, 0.15) is 63.2 Å². The number of nitrogens with zero attached hydrogens (tertiary/aromatic N) is 1. The zero-order valence-electron chi connectivity index (χ0n) is 85.9. The molecule has 1 atom stereocenters. The molecule has 0 fully saturated rings. The van der Waals surface area contributed by atoms with Crippen molar-refractivity contribution in [2.24, 2.45) is 4.99 Å². The van der Waals surface area contributed by atoms with Crippen molar-refractivity contribution in [1.82, 2.24) is 20.7 Å². The fraction of sp³-hybridized carbons (Fsp3) is 0.325. The number of carbonyl (C=O) groups is 6. The molecule has 0 spiro atoms. The van der Waals surface area contributed by atoms with Crippen LogP contribution in [0.25, 0.3) is 32.3 Å². The lowest BCUT2D eigenvalue weighted by atomic mass is 10.0. The second-order valence-electron chi connectivity index (χ2n) is 35.9. The summed E-state index contributed by atoms with van der Waals surface area (Å²) in [5.74, 6) is 1.60. The molecule has 1 unspecified atom stereocenters. The number of hydrogen-bond acceptors (Lipinski definition) is 21. The first-order valence-electron chi connectivity index (χ1n) is 50.1. The van der Waals surface area contributed by atoms with Gasteiger partial charge in [-0.1, -0.05) is 222 Å². The Balaban J connectivity index is 0.000000202. The van der Waals surface area contributed by atoms with Crippen molar-refractivity contribution in [3.05, 3.63) is 291 Å². The van der Waals surface area contributed by atoms with E-state index in [0.717, 1.165) is 84.3 Å². The van der Waals surface area contributed by atoms with Gasteiger partial charge in [0, 0.05) is 88.1 Å². The number of aromatic hydroxyl groups is 4. The van der Waals surface area contributed by atoms with Crippen LogP contribution in [0.2, 0.25) is 5.02 Å². The third-order valence-corrected chi connectivity index (χ3v) is 25.8. The average molecular weight is 2060 g/mol. The van der Waals surface area contributed by atoms with Gasteiger partial charge in [-0.2, -0.15) is 0 Å². The molecule has 148 heavy (non-hydrogen) atoms. The number of sulfonamides is 1. The molecule has 7 amide bonds. The van der Waals surface area contributed by atoms with Crippen LogP contribution in [0.1, 0.15) is 193 Å². The minimum atomic E-state index is -3.76. The Hall–Kier alpha value is -15.0. The largest absolute Gasteiger partial charge is 0.506 e. The van der Waals surface area contributed by atoms with E-state index in [1.54, 1.807) is 98.1 Å². The number of halogens is 1. The highest BCUT2D eigenvalue weighted by atomic mass is 35.5. The van der Waals surface area contributed by atoms with Crippen LogP contribution in [0.4, 0.5) is 33.2 Å². The first-order valence-corrected chi connectivity index (χ1v) is 52.0. The van der Waals surface area contributed by atoms with Crippen molar-refractivity contribution in [1.29, 1.82) is 0 Å². The van der Waals surface area contributed by atoms with Crippen LogP contribution in [-0.4, -0.2) is 155 Å². The van der Waals surface area contributed by atoms with Gasteiger partial charge in [-0.05, 0) is 232 Å². The normalized spacial score (nSPS) is 11.1. The van der Waals surface area contributed by atoms with Crippen LogP contribution in [0.15, 0.2) is 240 Å². The lowest BCUT2D eigenvalue weighted by Crippen LogP contribution is -2.33. The Morgan fingerprint density at radius 3 is 1.39 bits per heavy atom. The van der Waals surface area contributed by atoms with Crippen LogP contribution >= 0.6 is 11.6 Å². The SMILES string of the molecule is C=Nc1ccc(NC(=O)Nc2ccc(NC(=O)C(CCCC)Oc3ccc(C)cc3C)cc2O)cc1.CCCCCCCCCCCCOc1ccc(C)cc1NC(=O)c1cc(Cl)c2ccccc2c1O.COCCNC(=O)COc1cc(C(=O)NCCCCOc2ccc(C)cc2C)c(O)c2ccccc12.Cc1ccc(OCCCCNC(=O)c2cc(Oc3ccc(S(=O)(=O)NCCO)cc3)c3ccccc3c2O)c(C)c1. The highest BCUT2D eigenvalue weighted by Crippen LogP contribution is 2.42. The number of fused-ring (bicyclic) bond motifs is 3. The Morgan fingerprint density at radius 1 is 0.405 bits per heavy atom. The minimum Gasteiger partial charge on any atom is -0.506 e. The Labute approximate surface area is 872 Å². The van der Waals surface area contributed by atoms with E-state index in [-0.39, 0.29) is 81.8 Å². The molecule has 13 aromatic carbocycles. The summed E-state index contributed by atoms with van der Waals surface area (Å²) in [5, 5.41) is 74.8. The number of amides is 7. The van der Waals surface area contributed by atoms with Gasteiger partial charge in [0.05, 0.1) is 71.7 Å². The fourth-order valence-corrected chi connectivity index (χ4v) is 17.3. The predicted molar refractivity (Wildman–Crippen MR) is 588 cm³/mol. The average Bonchev–Trinajstić information content (AvgIpc) is 0.785. The monoisotopic (exact) mass is 2060 g/mol. The number of nitrogens with one attached hydrogen (secondary N) is 8. The van der Waals surface area contributed by atoms with Crippen molar-refractivity contribution < 1.29 is 95.9 Å². The maximum absolute atomic E-state index is 13.1. The van der Waals surface area contributed by atoms with Crippen molar-refractivity contribution in [3.63, 3.8) is 0 Å².